The molecule has 0 radical (unpaired) electrons. The number of nitrogens with one attached hydrogen (secondary N) is 1. The molecule has 5 N–H and O–H groups in total. The first-order valence-electron chi connectivity index (χ1n) is 10.1. The SMILES string of the molecule is CC(N)(C(=O)NCc1cccc(CN2CCCC(C(N)=O)C2)c1)c1ccccc1. The summed E-state index contributed by atoms with van der Waals surface area (Å²) in [6.45, 7) is 4.58. The lowest BCUT2D eigenvalue weighted by Crippen LogP contribution is -2.48. The van der Waals surface area contributed by atoms with Gasteiger partial charge in [0.05, 0.1) is 5.92 Å². The zero-order valence-corrected chi connectivity index (χ0v) is 16.9. The standard InChI is InChI=1S/C23H30N4O2/c1-23(25,20-10-3-2-4-11-20)22(29)26-14-17-7-5-8-18(13-17)15-27-12-6-9-19(16-27)21(24)28/h2-5,7-8,10-11,13,19H,6,9,12,14-16,25H2,1H3,(H2,24,28)(H,26,29). The number of primary amides is 1. The number of likely N-dealkylation sites (tertiary alicyclic amines) is 1. The van der Waals surface area contributed by atoms with Crippen molar-refractivity contribution in [1.29, 1.82) is 0 Å². The molecule has 2 atom stereocenters. The summed E-state index contributed by atoms with van der Waals surface area (Å²) in [7, 11) is 0. The molecular weight excluding hydrogens is 364 g/mol. The third-order valence-electron chi connectivity index (χ3n) is 5.60. The predicted molar refractivity (Wildman–Crippen MR) is 113 cm³/mol. The van der Waals surface area contributed by atoms with Crippen molar-refractivity contribution < 1.29 is 9.59 Å². The van der Waals surface area contributed by atoms with Gasteiger partial charge in [-0.25, -0.2) is 0 Å². The van der Waals surface area contributed by atoms with Crippen LogP contribution >= 0.6 is 0 Å². The fraction of sp³-hybridized carbons (Fsp3) is 0.391. The van der Waals surface area contributed by atoms with Gasteiger partial charge in [0.1, 0.15) is 5.54 Å². The summed E-state index contributed by atoms with van der Waals surface area (Å²) >= 11 is 0. The van der Waals surface area contributed by atoms with Crippen LogP contribution in [0, 0.1) is 5.92 Å². The average molecular weight is 395 g/mol. The number of nitrogens with zero attached hydrogens (tertiary/aromatic N) is 1. The van der Waals surface area contributed by atoms with Crippen LogP contribution in [0.15, 0.2) is 54.6 Å². The minimum absolute atomic E-state index is 0.0635. The van der Waals surface area contributed by atoms with Crippen LogP contribution in [0.25, 0.3) is 0 Å². The molecule has 1 aliphatic heterocycles. The second kappa shape index (κ2) is 9.20. The number of carbonyl (C=O) groups is 2. The minimum Gasteiger partial charge on any atom is -0.369 e. The normalized spacial score (nSPS) is 19.3. The molecule has 1 heterocycles. The largest absolute Gasteiger partial charge is 0.369 e. The predicted octanol–water partition coefficient (Wildman–Crippen LogP) is 1.87. The molecule has 1 saturated heterocycles. The fourth-order valence-electron chi connectivity index (χ4n) is 3.81. The Morgan fingerprint density at radius 2 is 1.86 bits per heavy atom. The Morgan fingerprint density at radius 1 is 1.14 bits per heavy atom. The van der Waals surface area contributed by atoms with Gasteiger partial charge in [-0.3, -0.25) is 14.5 Å². The maximum atomic E-state index is 12.7. The van der Waals surface area contributed by atoms with Crippen LogP contribution in [0.5, 0.6) is 0 Å². The van der Waals surface area contributed by atoms with Gasteiger partial charge in [-0.1, -0.05) is 54.6 Å². The van der Waals surface area contributed by atoms with Crippen molar-refractivity contribution in [2.75, 3.05) is 13.1 Å². The van der Waals surface area contributed by atoms with E-state index in [0.717, 1.165) is 42.6 Å². The van der Waals surface area contributed by atoms with E-state index in [4.69, 9.17) is 11.5 Å². The molecule has 1 aliphatic rings. The van der Waals surface area contributed by atoms with Gasteiger partial charge >= 0.3 is 0 Å². The van der Waals surface area contributed by atoms with E-state index in [9.17, 15) is 9.59 Å². The smallest absolute Gasteiger partial charge is 0.244 e. The molecular formula is C23H30N4O2. The van der Waals surface area contributed by atoms with Crippen LogP contribution in [0.4, 0.5) is 0 Å². The van der Waals surface area contributed by atoms with Gasteiger partial charge < -0.3 is 16.8 Å². The molecule has 1 fully saturated rings. The van der Waals surface area contributed by atoms with Crippen LogP contribution in [-0.4, -0.2) is 29.8 Å². The lowest BCUT2D eigenvalue weighted by Gasteiger charge is -2.31. The molecule has 0 aromatic heterocycles. The molecule has 0 bridgehead atoms. The van der Waals surface area contributed by atoms with E-state index in [-0.39, 0.29) is 17.7 Å². The number of piperidine rings is 1. The van der Waals surface area contributed by atoms with Gasteiger partial charge in [-0.15, -0.1) is 0 Å². The van der Waals surface area contributed by atoms with E-state index in [1.165, 1.54) is 0 Å². The highest BCUT2D eigenvalue weighted by molar-refractivity contribution is 5.86. The third kappa shape index (κ3) is 5.43. The van der Waals surface area contributed by atoms with Crippen LogP contribution in [0.2, 0.25) is 0 Å². The Kier molecular flexibility index (Phi) is 6.67. The van der Waals surface area contributed by atoms with E-state index >= 15 is 0 Å². The van der Waals surface area contributed by atoms with E-state index < -0.39 is 5.54 Å². The summed E-state index contributed by atoms with van der Waals surface area (Å²) in [5.41, 5.74) is 13.6. The molecule has 6 nitrogen and oxygen atoms in total. The van der Waals surface area contributed by atoms with Crippen molar-refractivity contribution in [2.45, 2.75) is 38.4 Å². The summed E-state index contributed by atoms with van der Waals surface area (Å²) in [5.74, 6) is -0.490. The van der Waals surface area contributed by atoms with Crippen molar-refractivity contribution in [3.05, 3.63) is 71.3 Å². The molecule has 29 heavy (non-hydrogen) atoms. The molecule has 0 spiro atoms. The monoisotopic (exact) mass is 394 g/mol. The minimum atomic E-state index is -1.09. The van der Waals surface area contributed by atoms with Crippen LogP contribution in [0.1, 0.15) is 36.5 Å². The van der Waals surface area contributed by atoms with E-state index in [0.29, 0.717) is 13.1 Å². The van der Waals surface area contributed by atoms with Crippen molar-refractivity contribution in [3.63, 3.8) is 0 Å². The maximum Gasteiger partial charge on any atom is 0.244 e. The number of rotatable bonds is 7. The molecule has 3 rings (SSSR count). The van der Waals surface area contributed by atoms with Crippen LogP contribution in [-0.2, 0) is 28.2 Å². The number of amides is 2. The van der Waals surface area contributed by atoms with E-state index in [2.05, 4.69) is 22.3 Å². The summed E-state index contributed by atoms with van der Waals surface area (Å²) in [5, 5.41) is 2.95. The van der Waals surface area contributed by atoms with Gasteiger partial charge in [0, 0.05) is 19.6 Å². The highest BCUT2D eigenvalue weighted by atomic mass is 16.2. The average Bonchev–Trinajstić information content (AvgIpc) is 2.73. The van der Waals surface area contributed by atoms with E-state index in [1.807, 2.05) is 42.5 Å². The Morgan fingerprint density at radius 3 is 2.59 bits per heavy atom. The topological polar surface area (TPSA) is 101 Å². The molecule has 0 saturated carbocycles. The molecule has 2 aromatic carbocycles. The number of benzene rings is 2. The lowest BCUT2D eigenvalue weighted by molar-refractivity contribution is -0.126. The Hall–Kier alpha value is -2.70. The van der Waals surface area contributed by atoms with Crippen molar-refractivity contribution in [3.8, 4) is 0 Å². The summed E-state index contributed by atoms with van der Waals surface area (Å²) < 4.78 is 0. The van der Waals surface area contributed by atoms with E-state index in [1.54, 1.807) is 6.92 Å². The lowest BCUT2D eigenvalue weighted by atomic mass is 9.92. The number of hydrogen-bond donors (Lipinski definition) is 3. The van der Waals surface area contributed by atoms with Crippen molar-refractivity contribution in [1.82, 2.24) is 10.2 Å². The zero-order chi connectivity index (χ0) is 20.9. The first-order valence-corrected chi connectivity index (χ1v) is 10.1. The second-order valence-electron chi connectivity index (χ2n) is 8.05. The molecule has 154 valence electrons. The van der Waals surface area contributed by atoms with Gasteiger partial charge in [0.2, 0.25) is 11.8 Å². The summed E-state index contributed by atoms with van der Waals surface area (Å²) in [6.07, 6.45) is 1.86. The molecule has 2 aromatic rings. The Bertz CT molecular complexity index is 851. The quantitative estimate of drug-likeness (QED) is 0.667. The number of nitrogens with two attached hydrogens (primary N) is 2. The molecule has 6 heteroatoms. The first kappa shape index (κ1) is 21.0. The zero-order valence-electron chi connectivity index (χ0n) is 16.9. The molecule has 0 aliphatic carbocycles. The number of hydrogen-bond acceptors (Lipinski definition) is 4. The van der Waals surface area contributed by atoms with Gasteiger partial charge in [0.25, 0.3) is 0 Å². The fourth-order valence-corrected chi connectivity index (χ4v) is 3.81. The van der Waals surface area contributed by atoms with Crippen molar-refractivity contribution >= 4 is 11.8 Å². The maximum absolute atomic E-state index is 12.7. The van der Waals surface area contributed by atoms with Crippen molar-refractivity contribution in [2.24, 2.45) is 17.4 Å². The first-order chi connectivity index (χ1) is 13.9. The summed E-state index contributed by atoms with van der Waals surface area (Å²) in [6, 6.07) is 17.5. The molecule has 2 amide bonds. The Labute approximate surface area is 172 Å². The Balaban J connectivity index is 1.58. The number of carbonyl (C=O) groups excluding carboxylic acids is 2. The highest BCUT2D eigenvalue weighted by Gasteiger charge is 2.30. The van der Waals surface area contributed by atoms with Gasteiger partial charge in [0.15, 0.2) is 0 Å². The summed E-state index contributed by atoms with van der Waals surface area (Å²) in [4.78, 5) is 26.4. The van der Waals surface area contributed by atoms with Crippen LogP contribution < -0.4 is 16.8 Å². The molecule has 2 unspecified atom stereocenters. The highest BCUT2D eigenvalue weighted by Crippen LogP contribution is 2.20. The van der Waals surface area contributed by atoms with Gasteiger partial charge in [-0.05, 0) is 43.0 Å². The third-order valence-corrected chi connectivity index (χ3v) is 5.60. The van der Waals surface area contributed by atoms with Gasteiger partial charge in [-0.2, -0.15) is 0 Å². The second-order valence-corrected chi connectivity index (χ2v) is 8.05. The van der Waals surface area contributed by atoms with Crippen LogP contribution in [0.3, 0.4) is 0 Å².